The molecule has 1 aliphatic heterocycles. The molecule has 1 aliphatic carbocycles. The first kappa shape index (κ1) is 19.1. The molecule has 2 aliphatic rings. The molecule has 0 radical (unpaired) electrons. The van der Waals surface area contributed by atoms with Crippen LogP contribution in [-0.4, -0.2) is 22.2 Å². The van der Waals surface area contributed by atoms with E-state index >= 15 is 0 Å². The highest BCUT2D eigenvalue weighted by atomic mass is 35.5. The van der Waals surface area contributed by atoms with Crippen molar-refractivity contribution in [2.45, 2.75) is 43.0 Å². The van der Waals surface area contributed by atoms with Gasteiger partial charge in [-0.1, -0.05) is 54.2 Å². The van der Waals surface area contributed by atoms with Crippen LogP contribution in [0.15, 0.2) is 48.5 Å². The first-order valence-electron chi connectivity index (χ1n) is 9.49. The molecule has 2 aromatic carbocycles. The smallest absolute Gasteiger partial charge is 0.254 e. The number of alkyl halides is 1. The summed E-state index contributed by atoms with van der Waals surface area (Å²) in [5.41, 5.74) is 1.65. The summed E-state index contributed by atoms with van der Waals surface area (Å²) < 4.78 is 0. The monoisotopic (exact) mass is 421 g/mol. The van der Waals surface area contributed by atoms with Gasteiger partial charge in [-0.25, -0.2) is 0 Å². The molecule has 2 aromatic rings. The lowest BCUT2D eigenvalue weighted by Crippen LogP contribution is -2.53. The van der Waals surface area contributed by atoms with E-state index in [9.17, 15) is 4.79 Å². The first-order chi connectivity index (χ1) is 13.0. The summed E-state index contributed by atoms with van der Waals surface area (Å²) in [6, 6.07) is 14.8. The van der Waals surface area contributed by atoms with Crippen molar-refractivity contribution in [3.05, 3.63) is 69.7 Å². The van der Waals surface area contributed by atoms with Gasteiger partial charge in [0.25, 0.3) is 5.91 Å². The molecule has 1 saturated carbocycles. The Labute approximate surface area is 175 Å². The molecule has 2 fully saturated rings. The van der Waals surface area contributed by atoms with Crippen LogP contribution in [-0.2, 0) is 0 Å². The first-order valence-corrected chi connectivity index (χ1v) is 10.6. The molecule has 5 heteroatoms. The normalized spacial score (nSPS) is 27.9. The Morgan fingerprint density at radius 3 is 2.48 bits per heavy atom. The standard InChI is InChI=1S/C22H22Cl3NO/c23-16-10-8-15(9-11-16)21(27)26-14-13-22(25)12-4-3-6-18(22)20(26)17-5-1-2-7-19(17)24/h1-2,5,7-11,18,20H,3-4,6,12-14H2. The summed E-state index contributed by atoms with van der Waals surface area (Å²) in [6.45, 7) is 0.636. The van der Waals surface area contributed by atoms with Crippen molar-refractivity contribution in [1.82, 2.24) is 4.90 Å². The van der Waals surface area contributed by atoms with Gasteiger partial charge in [0.2, 0.25) is 0 Å². The number of benzene rings is 2. The Morgan fingerprint density at radius 2 is 1.74 bits per heavy atom. The van der Waals surface area contributed by atoms with Gasteiger partial charge in [-0.15, -0.1) is 11.6 Å². The average Bonchev–Trinajstić information content (AvgIpc) is 2.67. The van der Waals surface area contributed by atoms with Gasteiger partial charge in [0, 0.05) is 28.1 Å². The Morgan fingerprint density at radius 1 is 1.00 bits per heavy atom. The Bertz CT molecular complexity index is 838. The van der Waals surface area contributed by atoms with Crippen LogP contribution >= 0.6 is 34.8 Å². The van der Waals surface area contributed by atoms with Crippen molar-refractivity contribution >= 4 is 40.7 Å². The van der Waals surface area contributed by atoms with Crippen LogP contribution in [0.5, 0.6) is 0 Å². The van der Waals surface area contributed by atoms with E-state index in [-0.39, 0.29) is 22.7 Å². The summed E-state index contributed by atoms with van der Waals surface area (Å²) in [6.07, 6.45) is 5.13. The predicted octanol–water partition coefficient (Wildman–Crippen LogP) is 6.75. The van der Waals surface area contributed by atoms with Crippen molar-refractivity contribution in [2.24, 2.45) is 5.92 Å². The molecular formula is C22H22Cl3NO. The number of halogens is 3. The number of fused-ring (bicyclic) bond motifs is 1. The highest BCUT2D eigenvalue weighted by Crippen LogP contribution is 2.53. The fourth-order valence-corrected chi connectivity index (χ4v) is 5.55. The van der Waals surface area contributed by atoms with E-state index < -0.39 is 0 Å². The minimum absolute atomic E-state index is 0.0147. The summed E-state index contributed by atoms with van der Waals surface area (Å²) >= 11 is 19.7. The fraction of sp³-hybridized carbons (Fsp3) is 0.409. The Hall–Kier alpha value is -1.22. The SMILES string of the molecule is O=C(c1ccc(Cl)cc1)N1CCC2(Cl)CCCCC2C1c1ccccc1Cl. The Kier molecular flexibility index (Phi) is 5.42. The lowest BCUT2D eigenvalue weighted by molar-refractivity contribution is 0.0280. The van der Waals surface area contributed by atoms with Gasteiger partial charge in [0.05, 0.1) is 10.9 Å². The third-order valence-corrected chi connectivity index (χ3v) is 7.34. The maximum Gasteiger partial charge on any atom is 0.254 e. The molecule has 3 unspecified atom stereocenters. The van der Waals surface area contributed by atoms with Gasteiger partial charge in [0.15, 0.2) is 0 Å². The molecule has 1 heterocycles. The van der Waals surface area contributed by atoms with E-state index in [1.54, 1.807) is 24.3 Å². The molecule has 3 atom stereocenters. The maximum atomic E-state index is 13.4. The fourth-order valence-electron chi connectivity index (χ4n) is 4.73. The topological polar surface area (TPSA) is 20.3 Å². The van der Waals surface area contributed by atoms with E-state index in [2.05, 4.69) is 0 Å². The molecule has 4 rings (SSSR count). The quantitative estimate of drug-likeness (QED) is 0.490. The lowest BCUT2D eigenvalue weighted by Gasteiger charge is -2.52. The second-order valence-corrected chi connectivity index (χ2v) is 9.21. The zero-order chi connectivity index (χ0) is 19.0. The molecule has 1 saturated heterocycles. The zero-order valence-corrected chi connectivity index (χ0v) is 17.3. The van der Waals surface area contributed by atoms with E-state index in [0.717, 1.165) is 37.7 Å². The van der Waals surface area contributed by atoms with Crippen LogP contribution < -0.4 is 0 Å². The molecule has 142 valence electrons. The van der Waals surface area contributed by atoms with Crippen molar-refractivity contribution in [3.8, 4) is 0 Å². The molecule has 1 amide bonds. The minimum Gasteiger partial charge on any atom is -0.331 e. The van der Waals surface area contributed by atoms with E-state index in [1.165, 1.54) is 0 Å². The maximum absolute atomic E-state index is 13.4. The number of hydrogen-bond donors (Lipinski definition) is 0. The number of nitrogens with zero attached hydrogens (tertiary/aromatic N) is 1. The van der Waals surface area contributed by atoms with Crippen molar-refractivity contribution in [3.63, 3.8) is 0 Å². The van der Waals surface area contributed by atoms with Gasteiger partial charge < -0.3 is 4.90 Å². The second kappa shape index (κ2) is 7.66. The molecular weight excluding hydrogens is 401 g/mol. The van der Waals surface area contributed by atoms with Gasteiger partial charge in [-0.3, -0.25) is 4.79 Å². The molecule has 0 aromatic heterocycles. The zero-order valence-electron chi connectivity index (χ0n) is 15.0. The number of carbonyl (C=O) groups excluding carboxylic acids is 1. The van der Waals surface area contributed by atoms with Crippen LogP contribution in [0.4, 0.5) is 0 Å². The number of rotatable bonds is 2. The van der Waals surface area contributed by atoms with Crippen LogP contribution in [0.3, 0.4) is 0 Å². The van der Waals surface area contributed by atoms with Gasteiger partial charge in [-0.05, 0) is 55.2 Å². The van der Waals surface area contributed by atoms with Gasteiger partial charge in [-0.2, -0.15) is 0 Å². The molecule has 0 bridgehead atoms. The van der Waals surface area contributed by atoms with E-state index in [4.69, 9.17) is 34.8 Å². The second-order valence-electron chi connectivity index (χ2n) is 7.61. The molecule has 0 N–H and O–H groups in total. The van der Waals surface area contributed by atoms with Crippen LogP contribution in [0, 0.1) is 5.92 Å². The Balaban J connectivity index is 1.76. The third kappa shape index (κ3) is 3.60. The number of amides is 1. The van der Waals surface area contributed by atoms with Crippen molar-refractivity contribution in [2.75, 3.05) is 6.54 Å². The highest BCUT2D eigenvalue weighted by molar-refractivity contribution is 6.31. The van der Waals surface area contributed by atoms with E-state index in [0.29, 0.717) is 22.2 Å². The lowest BCUT2D eigenvalue weighted by atomic mass is 9.68. The van der Waals surface area contributed by atoms with Crippen molar-refractivity contribution in [1.29, 1.82) is 0 Å². The van der Waals surface area contributed by atoms with Gasteiger partial charge in [0.1, 0.15) is 0 Å². The number of likely N-dealkylation sites (tertiary alicyclic amines) is 1. The number of carbonyl (C=O) groups is 1. The van der Waals surface area contributed by atoms with E-state index in [1.807, 2.05) is 29.2 Å². The van der Waals surface area contributed by atoms with Crippen LogP contribution in [0.2, 0.25) is 10.0 Å². The predicted molar refractivity (Wildman–Crippen MR) is 112 cm³/mol. The molecule has 27 heavy (non-hydrogen) atoms. The highest BCUT2D eigenvalue weighted by Gasteiger charge is 2.50. The van der Waals surface area contributed by atoms with Gasteiger partial charge >= 0.3 is 0 Å². The molecule has 0 spiro atoms. The molecule has 2 nitrogen and oxygen atoms in total. The van der Waals surface area contributed by atoms with Crippen LogP contribution in [0.25, 0.3) is 0 Å². The third-order valence-electron chi connectivity index (χ3n) is 6.08. The summed E-state index contributed by atoms with van der Waals surface area (Å²) in [5, 5.41) is 1.32. The van der Waals surface area contributed by atoms with Crippen LogP contribution in [0.1, 0.15) is 54.1 Å². The number of hydrogen-bond acceptors (Lipinski definition) is 1. The minimum atomic E-state index is -0.251. The number of piperidine rings is 1. The largest absolute Gasteiger partial charge is 0.331 e. The average molecular weight is 423 g/mol. The van der Waals surface area contributed by atoms with Crippen molar-refractivity contribution < 1.29 is 4.79 Å². The summed E-state index contributed by atoms with van der Waals surface area (Å²) in [4.78, 5) is 15.1. The summed E-state index contributed by atoms with van der Waals surface area (Å²) in [5.74, 6) is 0.221. The summed E-state index contributed by atoms with van der Waals surface area (Å²) in [7, 11) is 0.